The van der Waals surface area contributed by atoms with Crippen molar-refractivity contribution in [2.45, 2.75) is 18.9 Å². The summed E-state index contributed by atoms with van der Waals surface area (Å²) in [6.07, 6.45) is 1.38. The SMILES string of the molecule is OC1CCN(CCOc2ccc(F)c(F)c2)CC1. The molecule has 100 valence electrons. The van der Waals surface area contributed by atoms with E-state index in [0.717, 1.165) is 44.6 Å². The van der Waals surface area contributed by atoms with Crippen LogP contribution in [0.4, 0.5) is 8.78 Å². The molecule has 0 amide bonds. The van der Waals surface area contributed by atoms with Crippen molar-refractivity contribution in [1.82, 2.24) is 4.90 Å². The summed E-state index contributed by atoms with van der Waals surface area (Å²) in [4.78, 5) is 2.19. The third-order valence-electron chi connectivity index (χ3n) is 3.12. The van der Waals surface area contributed by atoms with Gasteiger partial charge in [-0.3, -0.25) is 4.90 Å². The van der Waals surface area contributed by atoms with Gasteiger partial charge in [-0.05, 0) is 25.0 Å². The second kappa shape index (κ2) is 6.11. The molecule has 0 atom stereocenters. The van der Waals surface area contributed by atoms with Crippen molar-refractivity contribution in [1.29, 1.82) is 0 Å². The number of hydrogen-bond donors (Lipinski definition) is 1. The number of ether oxygens (including phenoxy) is 1. The van der Waals surface area contributed by atoms with E-state index in [1.165, 1.54) is 6.07 Å². The fourth-order valence-electron chi connectivity index (χ4n) is 2.00. The molecule has 0 unspecified atom stereocenters. The Labute approximate surface area is 105 Å². The third-order valence-corrected chi connectivity index (χ3v) is 3.12. The Morgan fingerprint density at radius 1 is 1.22 bits per heavy atom. The van der Waals surface area contributed by atoms with E-state index in [-0.39, 0.29) is 6.10 Å². The molecule has 1 fully saturated rings. The summed E-state index contributed by atoms with van der Waals surface area (Å²) in [6, 6.07) is 3.52. The van der Waals surface area contributed by atoms with Gasteiger partial charge in [0.05, 0.1) is 6.10 Å². The fraction of sp³-hybridized carbons (Fsp3) is 0.538. The second-order valence-corrected chi connectivity index (χ2v) is 4.50. The molecule has 1 heterocycles. The maximum atomic E-state index is 12.9. The zero-order valence-corrected chi connectivity index (χ0v) is 10.1. The Bertz CT molecular complexity index is 393. The molecule has 5 heteroatoms. The molecule has 2 rings (SSSR count). The lowest BCUT2D eigenvalue weighted by atomic mass is 10.1. The number of hydrogen-bond acceptors (Lipinski definition) is 3. The van der Waals surface area contributed by atoms with Gasteiger partial charge in [0.1, 0.15) is 12.4 Å². The van der Waals surface area contributed by atoms with Crippen molar-refractivity contribution in [3.05, 3.63) is 29.8 Å². The quantitative estimate of drug-likeness (QED) is 0.892. The maximum absolute atomic E-state index is 12.9. The molecule has 1 aromatic carbocycles. The fourth-order valence-corrected chi connectivity index (χ4v) is 2.00. The van der Waals surface area contributed by atoms with Crippen molar-refractivity contribution in [3.63, 3.8) is 0 Å². The highest BCUT2D eigenvalue weighted by Crippen LogP contribution is 2.15. The van der Waals surface area contributed by atoms with Crippen LogP contribution in [-0.4, -0.2) is 42.4 Å². The van der Waals surface area contributed by atoms with Crippen molar-refractivity contribution >= 4 is 0 Å². The van der Waals surface area contributed by atoms with Gasteiger partial charge < -0.3 is 9.84 Å². The number of nitrogens with zero attached hydrogens (tertiary/aromatic N) is 1. The van der Waals surface area contributed by atoms with E-state index in [1.807, 2.05) is 0 Å². The molecule has 0 radical (unpaired) electrons. The van der Waals surface area contributed by atoms with Crippen LogP contribution in [0, 0.1) is 11.6 Å². The van der Waals surface area contributed by atoms with Crippen LogP contribution in [0.25, 0.3) is 0 Å². The lowest BCUT2D eigenvalue weighted by Crippen LogP contribution is -2.38. The zero-order chi connectivity index (χ0) is 13.0. The third kappa shape index (κ3) is 3.65. The summed E-state index contributed by atoms with van der Waals surface area (Å²) in [5.41, 5.74) is 0. The van der Waals surface area contributed by atoms with Gasteiger partial charge in [-0.15, -0.1) is 0 Å². The first-order valence-electron chi connectivity index (χ1n) is 6.13. The first-order chi connectivity index (χ1) is 8.65. The number of benzene rings is 1. The molecule has 1 aromatic rings. The van der Waals surface area contributed by atoms with Gasteiger partial charge in [-0.25, -0.2) is 8.78 Å². The standard InChI is InChI=1S/C13H17F2NO2/c14-12-2-1-11(9-13(12)15)18-8-7-16-5-3-10(17)4-6-16/h1-2,9-10,17H,3-8H2. The summed E-state index contributed by atoms with van der Waals surface area (Å²) in [6.45, 7) is 2.86. The molecule has 1 N–H and O–H groups in total. The highest BCUT2D eigenvalue weighted by molar-refractivity contribution is 5.23. The smallest absolute Gasteiger partial charge is 0.162 e. The molecule has 1 saturated heterocycles. The van der Waals surface area contributed by atoms with Crippen LogP contribution in [0.1, 0.15) is 12.8 Å². The molecular weight excluding hydrogens is 240 g/mol. The van der Waals surface area contributed by atoms with Gasteiger partial charge >= 0.3 is 0 Å². The van der Waals surface area contributed by atoms with E-state index in [2.05, 4.69) is 4.90 Å². The predicted octanol–water partition coefficient (Wildman–Crippen LogP) is 1.80. The van der Waals surface area contributed by atoms with E-state index in [1.54, 1.807) is 0 Å². The van der Waals surface area contributed by atoms with Gasteiger partial charge in [0.2, 0.25) is 0 Å². The largest absolute Gasteiger partial charge is 0.492 e. The minimum absolute atomic E-state index is 0.187. The van der Waals surface area contributed by atoms with Gasteiger partial charge in [-0.1, -0.05) is 0 Å². The molecular formula is C13H17F2NO2. The van der Waals surface area contributed by atoms with E-state index in [9.17, 15) is 13.9 Å². The van der Waals surface area contributed by atoms with Gasteiger partial charge in [-0.2, -0.15) is 0 Å². The molecule has 0 spiro atoms. The topological polar surface area (TPSA) is 32.7 Å². The van der Waals surface area contributed by atoms with Crippen LogP contribution in [-0.2, 0) is 0 Å². The number of likely N-dealkylation sites (tertiary alicyclic amines) is 1. The van der Waals surface area contributed by atoms with Crippen LogP contribution in [0.5, 0.6) is 5.75 Å². The van der Waals surface area contributed by atoms with Crippen molar-refractivity contribution in [2.75, 3.05) is 26.2 Å². The summed E-state index contributed by atoms with van der Waals surface area (Å²) >= 11 is 0. The van der Waals surface area contributed by atoms with Crippen LogP contribution in [0.3, 0.4) is 0 Å². The lowest BCUT2D eigenvalue weighted by Gasteiger charge is -2.29. The number of halogens is 2. The molecule has 18 heavy (non-hydrogen) atoms. The van der Waals surface area contributed by atoms with Crippen LogP contribution < -0.4 is 4.74 Å². The highest BCUT2D eigenvalue weighted by atomic mass is 19.2. The van der Waals surface area contributed by atoms with Crippen molar-refractivity contribution < 1.29 is 18.6 Å². The lowest BCUT2D eigenvalue weighted by molar-refractivity contribution is 0.0754. The molecule has 1 aliphatic heterocycles. The summed E-state index contributed by atoms with van der Waals surface area (Å²) in [7, 11) is 0. The molecule has 3 nitrogen and oxygen atoms in total. The van der Waals surface area contributed by atoms with Crippen molar-refractivity contribution in [3.8, 4) is 5.75 Å². The summed E-state index contributed by atoms with van der Waals surface area (Å²) < 4.78 is 31.0. The zero-order valence-electron chi connectivity index (χ0n) is 10.1. The number of piperidine rings is 1. The first kappa shape index (κ1) is 13.2. The summed E-state index contributed by atoms with van der Waals surface area (Å²) in [5.74, 6) is -1.42. The Hall–Kier alpha value is -1.20. The van der Waals surface area contributed by atoms with E-state index in [4.69, 9.17) is 4.74 Å². The number of aliphatic hydroxyl groups is 1. The van der Waals surface area contributed by atoms with Gasteiger partial charge in [0.15, 0.2) is 11.6 Å². The van der Waals surface area contributed by atoms with Crippen LogP contribution in [0.15, 0.2) is 18.2 Å². The van der Waals surface area contributed by atoms with E-state index < -0.39 is 11.6 Å². The molecule has 1 aliphatic rings. The number of aliphatic hydroxyl groups excluding tert-OH is 1. The normalized spacial score (nSPS) is 17.9. The van der Waals surface area contributed by atoms with Crippen LogP contribution >= 0.6 is 0 Å². The monoisotopic (exact) mass is 257 g/mol. The highest BCUT2D eigenvalue weighted by Gasteiger charge is 2.16. The summed E-state index contributed by atoms with van der Waals surface area (Å²) in [5, 5.41) is 9.35. The average molecular weight is 257 g/mol. The maximum Gasteiger partial charge on any atom is 0.162 e. The molecule has 0 saturated carbocycles. The molecule has 0 aromatic heterocycles. The number of rotatable bonds is 4. The predicted molar refractivity (Wildman–Crippen MR) is 63.5 cm³/mol. The van der Waals surface area contributed by atoms with Crippen LogP contribution in [0.2, 0.25) is 0 Å². The Balaban J connectivity index is 1.73. The van der Waals surface area contributed by atoms with Gasteiger partial charge in [0, 0.05) is 25.7 Å². The minimum atomic E-state index is -0.895. The van der Waals surface area contributed by atoms with Crippen molar-refractivity contribution in [2.24, 2.45) is 0 Å². The van der Waals surface area contributed by atoms with E-state index >= 15 is 0 Å². The Kier molecular flexibility index (Phi) is 4.49. The first-order valence-corrected chi connectivity index (χ1v) is 6.13. The van der Waals surface area contributed by atoms with E-state index in [0.29, 0.717) is 12.4 Å². The average Bonchev–Trinajstić information content (AvgIpc) is 2.36. The second-order valence-electron chi connectivity index (χ2n) is 4.50. The molecule has 0 aliphatic carbocycles. The minimum Gasteiger partial charge on any atom is -0.492 e. The Morgan fingerprint density at radius 2 is 1.94 bits per heavy atom. The Morgan fingerprint density at radius 3 is 2.61 bits per heavy atom. The molecule has 0 bridgehead atoms. The van der Waals surface area contributed by atoms with Gasteiger partial charge in [0.25, 0.3) is 0 Å².